The van der Waals surface area contributed by atoms with Crippen molar-refractivity contribution in [2.45, 2.75) is 45.4 Å². The van der Waals surface area contributed by atoms with Gasteiger partial charge in [-0.2, -0.15) is 0 Å². The van der Waals surface area contributed by atoms with Gasteiger partial charge in [-0.05, 0) is 52.1 Å². The highest BCUT2D eigenvalue weighted by Gasteiger charge is 2.09. The summed E-state index contributed by atoms with van der Waals surface area (Å²) in [5.41, 5.74) is 1.14. The molecule has 1 aromatic rings. The van der Waals surface area contributed by atoms with Crippen molar-refractivity contribution >= 4 is 41.3 Å². The van der Waals surface area contributed by atoms with Gasteiger partial charge in [0.05, 0.1) is 5.01 Å². The van der Waals surface area contributed by atoms with Crippen molar-refractivity contribution in [3.05, 3.63) is 16.1 Å². The lowest BCUT2D eigenvalue weighted by Gasteiger charge is -2.26. The monoisotopic (exact) mass is 465 g/mol. The zero-order valence-electron chi connectivity index (χ0n) is 15.0. The first-order valence-corrected chi connectivity index (χ1v) is 9.74. The van der Waals surface area contributed by atoms with Crippen LogP contribution >= 0.6 is 35.3 Å². The van der Waals surface area contributed by atoms with Crippen LogP contribution in [0.15, 0.2) is 10.4 Å². The van der Waals surface area contributed by atoms with Gasteiger partial charge in [0.2, 0.25) is 0 Å². The number of aromatic nitrogens is 1. The van der Waals surface area contributed by atoms with Crippen molar-refractivity contribution in [2.24, 2.45) is 4.99 Å². The van der Waals surface area contributed by atoms with E-state index in [4.69, 9.17) is 0 Å². The molecule has 1 aliphatic heterocycles. The number of hydrogen-bond acceptors (Lipinski definition) is 4. The van der Waals surface area contributed by atoms with E-state index in [1.54, 1.807) is 11.3 Å². The van der Waals surface area contributed by atoms with Crippen LogP contribution in [0.4, 0.5) is 0 Å². The minimum atomic E-state index is 0. The summed E-state index contributed by atoms with van der Waals surface area (Å²) in [5, 5.41) is 10.2. The molecule has 0 radical (unpaired) electrons. The van der Waals surface area contributed by atoms with Crippen molar-refractivity contribution in [3.63, 3.8) is 0 Å². The maximum Gasteiger partial charge on any atom is 0.191 e. The van der Waals surface area contributed by atoms with Gasteiger partial charge >= 0.3 is 0 Å². The predicted octanol–water partition coefficient (Wildman–Crippen LogP) is 3.04. The summed E-state index contributed by atoms with van der Waals surface area (Å²) in [4.78, 5) is 11.3. The average Bonchev–Trinajstić information content (AvgIpc) is 2.99. The van der Waals surface area contributed by atoms with Crippen LogP contribution in [0.2, 0.25) is 0 Å². The van der Waals surface area contributed by atoms with Crippen LogP contribution in [0, 0.1) is 6.92 Å². The molecule has 2 heterocycles. The molecule has 1 aromatic heterocycles. The highest BCUT2D eigenvalue weighted by atomic mass is 127. The Balaban J connectivity index is 0.00000288. The van der Waals surface area contributed by atoms with E-state index in [2.05, 4.69) is 37.8 Å². The molecular weight excluding hydrogens is 433 g/mol. The zero-order valence-corrected chi connectivity index (χ0v) is 18.2. The first kappa shape index (κ1) is 21.6. The molecule has 0 bridgehead atoms. The Bertz CT molecular complexity index is 471. The number of aryl methyl sites for hydroxylation is 2. The molecule has 24 heavy (non-hydrogen) atoms. The Morgan fingerprint density at radius 3 is 2.62 bits per heavy atom. The molecule has 2 rings (SSSR count). The molecule has 1 saturated heterocycles. The van der Waals surface area contributed by atoms with E-state index in [9.17, 15) is 0 Å². The fraction of sp³-hybridized carbons (Fsp3) is 0.765. The van der Waals surface area contributed by atoms with Gasteiger partial charge in [-0.3, -0.25) is 4.99 Å². The Morgan fingerprint density at radius 1 is 1.21 bits per heavy atom. The maximum absolute atomic E-state index is 4.50. The minimum Gasteiger partial charge on any atom is -0.356 e. The van der Waals surface area contributed by atoms with Crippen LogP contribution in [0.5, 0.6) is 0 Å². The maximum atomic E-state index is 4.50. The number of likely N-dealkylation sites (tertiary alicyclic amines) is 1. The average molecular weight is 465 g/mol. The number of unbranched alkanes of at least 4 members (excludes halogenated alkanes) is 1. The summed E-state index contributed by atoms with van der Waals surface area (Å²) in [6.45, 7) is 7.62. The number of nitrogens with one attached hydrogen (secondary N) is 2. The second kappa shape index (κ2) is 12.9. The third-order valence-corrected chi connectivity index (χ3v) is 5.20. The van der Waals surface area contributed by atoms with Crippen LogP contribution in [0.3, 0.4) is 0 Å². The molecule has 138 valence electrons. The lowest BCUT2D eigenvalue weighted by Crippen LogP contribution is -2.42. The van der Waals surface area contributed by atoms with Gasteiger partial charge in [0.25, 0.3) is 0 Å². The fourth-order valence-corrected chi connectivity index (χ4v) is 3.68. The third kappa shape index (κ3) is 8.62. The summed E-state index contributed by atoms with van der Waals surface area (Å²) in [5.74, 6) is 0.923. The SMILES string of the molecule is CN=C(NCCCCc1nc(C)cs1)NCCN1CCCCC1.I. The van der Waals surface area contributed by atoms with Crippen molar-refractivity contribution in [3.8, 4) is 0 Å². The molecule has 0 unspecified atom stereocenters. The minimum absolute atomic E-state index is 0. The van der Waals surface area contributed by atoms with Crippen LogP contribution in [0.1, 0.15) is 42.8 Å². The lowest BCUT2D eigenvalue weighted by atomic mass is 10.1. The fourth-order valence-electron chi connectivity index (χ4n) is 2.86. The van der Waals surface area contributed by atoms with Crippen LogP contribution in [-0.4, -0.2) is 55.6 Å². The zero-order chi connectivity index (χ0) is 16.3. The van der Waals surface area contributed by atoms with E-state index in [0.29, 0.717) is 0 Å². The smallest absolute Gasteiger partial charge is 0.191 e. The highest BCUT2D eigenvalue weighted by molar-refractivity contribution is 14.0. The van der Waals surface area contributed by atoms with Gasteiger partial charge in [-0.1, -0.05) is 6.42 Å². The molecule has 2 N–H and O–H groups in total. The molecule has 0 spiro atoms. The molecular formula is C17H32IN5S. The quantitative estimate of drug-likeness (QED) is 0.268. The van der Waals surface area contributed by atoms with Gasteiger partial charge in [0, 0.05) is 37.8 Å². The van der Waals surface area contributed by atoms with Gasteiger partial charge < -0.3 is 15.5 Å². The molecule has 0 saturated carbocycles. The largest absolute Gasteiger partial charge is 0.356 e. The Kier molecular flexibility index (Phi) is 11.6. The first-order chi connectivity index (χ1) is 11.3. The van der Waals surface area contributed by atoms with Crippen LogP contribution in [0.25, 0.3) is 0 Å². The summed E-state index contributed by atoms with van der Waals surface area (Å²) < 4.78 is 0. The van der Waals surface area contributed by atoms with E-state index >= 15 is 0 Å². The molecule has 0 aliphatic carbocycles. The van der Waals surface area contributed by atoms with E-state index in [1.165, 1.54) is 43.8 Å². The van der Waals surface area contributed by atoms with Crippen molar-refractivity contribution < 1.29 is 0 Å². The van der Waals surface area contributed by atoms with Crippen molar-refractivity contribution in [1.82, 2.24) is 20.5 Å². The number of nitrogens with zero attached hydrogens (tertiary/aromatic N) is 3. The summed E-state index contributed by atoms with van der Waals surface area (Å²) in [7, 11) is 1.84. The van der Waals surface area contributed by atoms with Gasteiger partial charge in [0.15, 0.2) is 5.96 Å². The molecule has 0 amide bonds. The molecule has 7 heteroatoms. The highest BCUT2D eigenvalue weighted by Crippen LogP contribution is 2.11. The number of halogens is 1. The summed E-state index contributed by atoms with van der Waals surface area (Å²) in [6, 6.07) is 0. The Labute approximate surface area is 167 Å². The Hall–Kier alpha value is -0.410. The number of aliphatic imine (C=N–C) groups is 1. The lowest BCUT2D eigenvalue weighted by molar-refractivity contribution is 0.232. The molecule has 1 fully saturated rings. The van der Waals surface area contributed by atoms with E-state index < -0.39 is 0 Å². The van der Waals surface area contributed by atoms with Crippen LogP contribution in [-0.2, 0) is 6.42 Å². The molecule has 0 aromatic carbocycles. The van der Waals surface area contributed by atoms with E-state index in [-0.39, 0.29) is 24.0 Å². The van der Waals surface area contributed by atoms with Crippen molar-refractivity contribution in [1.29, 1.82) is 0 Å². The number of piperidine rings is 1. The van der Waals surface area contributed by atoms with Gasteiger partial charge in [-0.25, -0.2) is 4.98 Å². The first-order valence-electron chi connectivity index (χ1n) is 8.86. The van der Waals surface area contributed by atoms with E-state index in [1.807, 2.05) is 7.05 Å². The normalized spacial score (nSPS) is 15.8. The van der Waals surface area contributed by atoms with Crippen LogP contribution < -0.4 is 10.6 Å². The predicted molar refractivity (Wildman–Crippen MR) is 115 cm³/mol. The van der Waals surface area contributed by atoms with Gasteiger partial charge in [0.1, 0.15) is 0 Å². The number of thiazole rings is 1. The molecule has 0 atom stereocenters. The second-order valence-corrected chi connectivity index (χ2v) is 7.11. The standard InChI is InChI=1S/C17H31N5S.HI/c1-15-14-23-16(21-15)8-4-5-9-19-17(18-2)20-10-13-22-11-6-3-7-12-22;/h14H,3-13H2,1-2H3,(H2,18,19,20);1H. The number of rotatable bonds is 8. The van der Waals surface area contributed by atoms with E-state index in [0.717, 1.165) is 44.1 Å². The Morgan fingerprint density at radius 2 is 1.96 bits per heavy atom. The number of hydrogen-bond donors (Lipinski definition) is 2. The molecule has 1 aliphatic rings. The van der Waals surface area contributed by atoms with Gasteiger partial charge in [-0.15, -0.1) is 35.3 Å². The molecule has 5 nitrogen and oxygen atoms in total. The number of guanidine groups is 1. The second-order valence-electron chi connectivity index (χ2n) is 6.17. The topological polar surface area (TPSA) is 52.6 Å². The summed E-state index contributed by atoms with van der Waals surface area (Å²) in [6.07, 6.45) is 7.50. The summed E-state index contributed by atoms with van der Waals surface area (Å²) >= 11 is 1.77. The van der Waals surface area contributed by atoms with Crippen molar-refractivity contribution in [2.75, 3.05) is 39.8 Å². The third-order valence-electron chi connectivity index (χ3n) is 4.17.